The zero-order chi connectivity index (χ0) is 20.4. The van der Waals surface area contributed by atoms with Crippen molar-refractivity contribution >= 4 is 15.9 Å². The van der Waals surface area contributed by atoms with Gasteiger partial charge in [0.25, 0.3) is 0 Å². The molecule has 0 saturated heterocycles. The van der Waals surface area contributed by atoms with E-state index in [0.717, 1.165) is 4.47 Å². The zero-order valence-corrected chi connectivity index (χ0v) is 18.7. The lowest BCUT2D eigenvalue weighted by atomic mass is 9.65. The summed E-state index contributed by atoms with van der Waals surface area (Å²) < 4.78 is 1.09. The third-order valence-electron chi connectivity index (χ3n) is 5.73. The predicted molar refractivity (Wildman–Crippen MR) is 127 cm³/mol. The third-order valence-corrected chi connectivity index (χ3v) is 6.26. The van der Waals surface area contributed by atoms with Crippen LogP contribution in [0.25, 0.3) is 0 Å². The Morgan fingerprint density at radius 1 is 0.414 bits per heavy atom. The van der Waals surface area contributed by atoms with Crippen molar-refractivity contribution in [3.8, 4) is 0 Å². The Bertz CT molecular complexity index is 900. The molecule has 0 heterocycles. The van der Waals surface area contributed by atoms with Crippen LogP contribution in [0.1, 0.15) is 38.9 Å². The fourth-order valence-electron chi connectivity index (χ4n) is 4.11. The number of aryl methyl sites for hydroxylation is 3. The largest absolute Gasteiger partial charge is 0.0701 e. The van der Waals surface area contributed by atoms with Crippen LogP contribution < -0.4 is 0 Å². The monoisotopic (exact) mass is 440 g/mol. The van der Waals surface area contributed by atoms with Crippen LogP contribution in [0.2, 0.25) is 0 Å². The van der Waals surface area contributed by atoms with Crippen molar-refractivity contribution in [1.29, 1.82) is 0 Å². The molecule has 0 N–H and O–H groups in total. The lowest BCUT2D eigenvalue weighted by Gasteiger charge is -2.37. The van der Waals surface area contributed by atoms with Gasteiger partial charge in [0.05, 0.1) is 5.41 Å². The van der Waals surface area contributed by atoms with E-state index in [2.05, 4.69) is 134 Å². The molecule has 0 amide bonds. The van der Waals surface area contributed by atoms with Crippen LogP contribution in [0.15, 0.2) is 102 Å². The van der Waals surface area contributed by atoms with Gasteiger partial charge in [0.1, 0.15) is 0 Å². The average molecular weight is 441 g/mol. The van der Waals surface area contributed by atoms with Gasteiger partial charge in [-0.1, -0.05) is 118 Å². The van der Waals surface area contributed by atoms with Crippen LogP contribution in [0.4, 0.5) is 0 Å². The molecule has 0 bridgehead atoms. The minimum Gasteiger partial charge on any atom is -0.0590 e. The fourth-order valence-corrected chi connectivity index (χ4v) is 4.37. The van der Waals surface area contributed by atoms with E-state index in [1.807, 2.05) is 0 Å². The van der Waals surface area contributed by atoms with Gasteiger partial charge in [0.2, 0.25) is 0 Å². The second-order valence-corrected chi connectivity index (χ2v) is 8.77. The molecule has 0 radical (unpaired) electrons. The molecule has 4 aromatic carbocycles. The van der Waals surface area contributed by atoms with Crippen LogP contribution in [-0.2, 0) is 5.41 Å². The van der Waals surface area contributed by atoms with E-state index in [-0.39, 0.29) is 5.41 Å². The Hall–Kier alpha value is -2.64. The highest BCUT2D eigenvalue weighted by molar-refractivity contribution is 9.10. The summed E-state index contributed by atoms with van der Waals surface area (Å²) in [6.45, 7) is 6.43. The maximum absolute atomic E-state index is 3.61. The van der Waals surface area contributed by atoms with Gasteiger partial charge in [0, 0.05) is 4.47 Å². The molecule has 0 atom stereocenters. The quantitative estimate of drug-likeness (QED) is 0.284. The molecule has 0 aliphatic carbocycles. The molecular weight excluding hydrogens is 416 g/mol. The van der Waals surface area contributed by atoms with E-state index in [1.165, 1.54) is 38.9 Å². The van der Waals surface area contributed by atoms with Crippen molar-refractivity contribution in [2.75, 3.05) is 0 Å². The summed E-state index contributed by atoms with van der Waals surface area (Å²) in [6, 6.07) is 35.7. The Kier molecular flexibility index (Phi) is 5.43. The molecule has 0 unspecified atom stereocenters. The van der Waals surface area contributed by atoms with E-state index in [9.17, 15) is 0 Å². The molecule has 0 aromatic heterocycles. The molecule has 0 aliphatic rings. The Morgan fingerprint density at radius 3 is 0.931 bits per heavy atom. The van der Waals surface area contributed by atoms with Crippen LogP contribution in [0.5, 0.6) is 0 Å². The number of hydrogen-bond acceptors (Lipinski definition) is 0. The number of halogens is 1. The molecule has 4 rings (SSSR count). The summed E-state index contributed by atoms with van der Waals surface area (Å²) in [5.41, 5.74) is 8.52. The molecule has 4 aromatic rings. The summed E-state index contributed by atoms with van der Waals surface area (Å²) in [6.07, 6.45) is 0. The highest BCUT2D eigenvalue weighted by Gasteiger charge is 2.38. The molecule has 144 valence electrons. The van der Waals surface area contributed by atoms with E-state index in [4.69, 9.17) is 0 Å². The van der Waals surface area contributed by atoms with Crippen molar-refractivity contribution in [2.24, 2.45) is 0 Å². The minimum absolute atomic E-state index is 0.379. The maximum atomic E-state index is 3.61. The van der Waals surface area contributed by atoms with Crippen molar-refractivity contribution in [3.63, 3.8) is 0 Å². The topological polar surface area (TPSA) is 0 Å². The first-order chi connectivity index (χ1) is 14.0. The van der Waals surface area contributed by atoms with Crippen LogP contribution >= 0.6 is 15.9 Å². The van der Waals surface area contributed by atoms with Crippen molar-refractivity contribution in [1.82, 2.24) is 0 Å². The first-order valence-electron chi connectivity index (χ1n) is 9.97. The van der Waals surface area contributed by atoms with Gasteiger partial charge in [-0.05, 0) is 55.2 Å². The standard InChI is InChI=1S/C28H25Br/c1-20-4-10-23(11-5-20)28(24-12-6-21(2)7-13-24,25-14-8-22(3)9-15-25)26-16-18-27(29)19-17-26/h4-19H,1-3H3. The van der Waals surface area contributed by atoms with Crippen molar-refractivity contribution < 1.29 is 0 Å². The van der Waals surface area contributed by atoms with Gasteiger partial charge >= 0.3 is 0 Å². The van der Waals surface area contributed by atoms with Gasteiger partial charge in [-0.3, -0.25) is 0 Å². The SMILES string of the molecule is Cc1ccc(C(c2ccc(C)cc2)(c2ccc(C)cc2)c2ccc(Br)cc2)cc1. The predicted octanol–water partition coefficient (Wildman–Crippen LogP) is 7.76. The van der Waals surface area contributed by atoms with Gasteiger partial charge < -0.3 is 0 Å². The van der Waals surface area contributed by atoms with Crippen LogP contribution in [-0.4, -0.2) is 0 Å². The lowest BCUT2D eigenvalue weighted by molar-refractivity contribution is 0.743. The average Bonchev–Trinajstić information content (AvgIpc) is 2.73. The fraction of sp³-hybridized carbons (Fsp3) is 0.143. The molecule has 29 heavy (non-hydrogen) atoms. The van der Waals surface area contributed by atoms with Gasteiger partial charge in [-0.15, -0.1) is 0 Å². The molecule has 0 saturated carbocycles. The van der Waals surface area contributed by atoms with E-state index >= 15 is 0 Å². The highest BCUT2D eigenvalue weighted by atomic mass is 79.9. The van der Waals surface area contributed by atoms with Crippen molar-refractivity contribution in [2.45, 2.75) is 26.2 Å². The van der Waals surface area contributed by atoms with Crippen molar-refractivity contribution in [3.05, 3.63) is 140 Å². The molecule has 1 heteroatoms. The number of rotatable bonds is 4. The van der Waals surface area contributed by atoms with E-state index in [0.29, 0.717) is 0 Å². The second-order valence-electron chi connectivity index (χ2n) is 7.85. The summed E-state index contributed by atoms with van der Waals surface area (Å²) in [7, 11) is 0. The Morgan fingerprint density at radius 2 is 0.655 bits per heavy atom. The van der Waals surface area contributed by atoms with Gasteiger partial charge in [-0.2, -0.15) is 0 Å². The Labute approximate surface area is 182 Å². The van der Waals surface area contributed by atoms with Crippen LogP contribution in [0.3, 0.4) is 0 Å². The molecule has 0 aliphatic heterocycles. The summed E-state index contributed by atoms with van der Waals surface area (Å²) in [5.74, 6) is 0. The summed E-state index contributed by atoms with van der Waals surface area (Å²) in [4.78, 5) is 0. The smallest absolute Gasteiger partial charge is 0.0590 e. The highest BCUT2D eigenvalue weighted by Crippen LogP contribution is 2.45. The summed E-state index contributed by atoms with van der Waals surface area (Å²) >= 11 is 3.61. The van der Waals surface area contributed by atoms with Crippen LogP contribution in [0, 0.1) is 20.8 Å². The normalized spacial score (nSPS) is 11.4. The molecule has 0 fully saturated rings. The molecule has 0 spiro atoms. The third kappa shape index (κ3) is 3.68. The van der Waals surface area contributed by atoms with Gasteiger partial charge in [-0.25, -0.2) is 0 Å². The zero-order valence-electron chi connectivity index (χ0n) is 17.1. The van der Waals surface area contributed by atoms with E-state index < -0.39 is 0 Å². The first-order valence-corrected chi connectivity index (χ1v) is 10.8. The molecule has 0 nitrogen and oxygen atoms in total. The second kappa shape index (κ2) is 8.00. The number of benzene rings is 4. The lowest BCUT2D eigenvalue weighted by Crippen LogP contribution is -2.31. The molecular formula is C28H25Br. The van der Waals surface area contributed by atoms with E-state index in [1.54, 1.807) is 0 Å². The first kappa shape index (κ1) is 19.7. The number of hydrogen-bond donors (Lipinski definition) is 0. The van der Waals surface area contributed by atoms with Gasteiger partial charge in [0.15, 0.2) is 0 Å². The Balaban J connectivity index is 2.11. The summed E-state index contributed by atoms with van der Waals surface area (Å²) in [5, 5.41) is 0. The maximum Gasteiger partial charge on any atom is 0.0701 e. The minimum atomic E-state index is -0.379.